The molecule has 0 aliphatic heterocycles. The molecule has 1 unspecified atom stereocenters. The van der Waals surface area contributed by atoms with Crippen LogP contribution in [0.5, 0.6) is 0 Å². The summed E-state index contributed by atoms with van der Waals surface area (Å²) in [4.78, 5) is 36.2. The predicted molar refractivity (Wildman–Crippen MR) is 151 cm³/mol. The van der Waals surface area contributed by atoms with Crippen LogP contribution in [-0.2, 0) is 6.54 Å². The maximum absolute atomic E-state index is 13.7. The summed E-state index contributed by atoms with van der Waals surface area (Å²) in [5.74, 6) is 0.421. The number of amides is 1. The van der Waals surface area contributed by atoms with E-state index in [-0.39, 0.29) is 11.5 Å². The van der Waals surface area contributed by atoms with Crippen molar-refractivity contribution in [2.45, 2.75) is 26.4 Å². The van der Waals surface area contributed by atoms with Gasteiger partial charge in [-0.25, -0.2) is 4.98 Å². The van der Waals surface area contributed by atoms with Gasteiger partial charge in [0.25, 0.3) is 11.5 Å². The first-order chi connectivity index (χ1) is 17.3. The Bertz CT molecular complexity index is 1280. The van der Waals surface area contributed by atoms with Gasteiger partial charge in [0.15, 0.2) is 0 Å². The number of carbonyl (C=O) groups excluding carboxylic acids is 1. The number of benzene rings is 2. The Hall–Kier alpha value is -3.29. The Labute approximate surface area is 221 Å². The highest BCUT2D eigenvalue weighted by Gasteiger charge is 2.28. The van der Waals surface area contributed by atoms with E-state index in [1.165, 1.54) is 0 Å². The molecule has 7 heteroatoms. The highest BCUT2D eigenvalue weighted by molar-refractivity contribution is 9.10. The Morgan fingerprint density at radius 1 is 1.11 bits per heavy atom. The van der Waals surface area contributed by atoms with E-state index in [2.05, 4.69) is 22.5 Å². The monoisotopic (exact) mass is 548 g/mol. The zero-order chi connectivity index (χ0) is 26.2. The van der Waals surface area contributed by atoms with Crippen molar-refractivity contribution >= 4 is 34.0 Å². The molecule has 0 aliphatic carbocycles. The summed E-state index contributed by atoms with van der Waals surface area (Å²) < 4.78 is 2.57. The van der Waals surface area contributed by atoms with Gasteiger partial charge in [-0.15, -0.1) is 0 Å². The van der Waals surface area contributed by atoms with Crippen LogP contribution in [0.3, 0.4) is 0 Å². The lowest BCUT2D eigenvalue weighted by molar-refractivity contribution is 0.0665. The second-order valence-electron chi connectivity index (χ2n) is 8.83. The van der Waals surface area contributed by atoms with Crippen LogP contribution in [0.15, 0.2) is 76.5 Å². The van der Waals surface area contributed by atoms with Crippen LogP contribution in [0.1, 0.15) is 52.9 Å². The van der Waals surface area contributed by atoms with E-state index in [0.717, 1.165) is 10.0 Å². The fourth-order valence-corrected chi connectivity index (χ4v) is 4.26. The molecular weight excluding hydrogens is 516 g/mol. The second kappa shape index (κ2) is 12.6. The average Bonchev–Trinajstić information content (AvgIpc) is 2.86. The Kier molecular flexibility index (Phi) is 9.56. The van der Waals surface area contributed by atoms with Gasteiger partial charge in [-0.3, -0.25) is 14.2 Å². The Balaban J connectivity index is 2.17. The van der Waals surface area contributed by atoms with E-state index in [4.69, 9.17) is 4.98 Å². The number of carbonyl (C=O) groups is 1. The largest absolute Gasteiger partial charge is 0.327 e. The van der Waals surface area contributed by atoms with Crippen molar-refractivity contribution in [1.82, 2.24) is 19.4 Å². The third-order valence-corrected chi connectivity index (χ3v) is 6.49. The van der Waals surface area contributed by atoms with E-state index in [1.807, 2.05) is 87.5 Å². The van der Waals surface area contributed by atoms with Gasteiger partial charge in [-0.1, -0.05) is 65.0 Å². The van der Waals surface area contributed by atoms with E-state index >= 15 is 0 Å². The smallest absolute Gasteiger partial charge is 0.261 e. The van der Waals surface area contributed by atoms with Gasteiger partial charge in [-0.2, -0.15) is 0 Å². The summed E-state index contributed by atoms with van der Waals surface area (Å²) in [6, 6.07) is 16.6. The number of allylic oxidation sites excluding steroid dienone is 1. The number of hydrogen-bond donors (Lipinski definition) is 0. The zero-order valence-electron chi connectivity index (χ0n) is 21.3. The van der Waals surface area contributed by atoms with Crippen LogP contribution in [0, 0.1) is 0 Å². The summed E-state index contributed by atoms with van der Waals surface area (Å²) >= 11 is 3.44. The summed E-state index contributed by atoms with van der Waals surface area (Å²) in [7, 11) is 3.94. The fraction of sp³-hybridized carbons (Fsp3) is 0.276. The fourth-order valence-electron chi connectivity index (χ4n) is 3.99. The van der Waals surface area contributed by atoms with Gasteiger partial charge in [0.1, 0.15) is 5.82 Å². The topological polar surface area (TPSA) is 58.4 Å². The third kappa shape index (κ3) is 6.47. The molecule has 0 radical (unpaired) electrons. The minimum Gasteiger partial charge on any atom is -0.327 e. The quantitative estimate of drug-likeness (QED) is 0.336. The molecule has 1 amide bonds. The first-order valence-corrected chi connectivity index (χ1v) is 12.7. The van der Waals surface area contributed by atoms with E-state index < -0.39 is 6.04 Å². The molecule has 1 aromatic heterocycles. The lowest BCUT2D eigenvalue weighted by Crippen LogP contribution is -2.41. The molecule has 1 atom stereocenters. The number of likely N-dealkylation sites (N-methyl/N-ethyl adjacent to an activating group) is 1. The SMILES string of the molecule is C=Cc1c(/C=C\C)nc(C(C)N(CCN(C)C)C(=O)c2ccc(Br)cc2)n(Cc2ccccc2)c1=O. The zero-order valence-corrected chi connectivity index (χ0v) is 22.9. The van der Waals surface area contributed by atoms with Crippen LogP contribution >= 0.6 is 15.9 Å². The molecule has 188 valence electrons. The van der Waals surface area contributed by atoms with Crippen molar-refractivity contribution in [2.75, 3.05) is 27.2 Å². The molecule has 0 saturated heterocycles. The van der Waals surface area contributed by atoms with Gasteiger partial charge in [0.2, 0.25) is 0 Å². The molecule has 0 saturated carbocycles. The van der Waals surface area contributed by atoms with Crippen molar-refractivity contribution in [2.24, 2.45) is 0 Å². The molecule has 1 heterocycles. The highest BCUT2D eigenvalue weighted by Crippen LogP contribution is 2.24. The maximum Gasteiger partial charge on any atom is 0.261 e. The van der Waals surface area contributed by atoms with Crippen molar-refractivity contribution in [3.05, 3.63) is 110 Å². The van der Waals surface area contributed by atoms with E-state index in [9.17, 15) is 9.59 Å². The molecule has 0 spiro atoms. The van der Waals surface area contributed by atoms with Crippen LogP contribution in [-0.4, -0.2) is 52.4 Å². The second-order valence-corrected chi connectivity index (χ2v) is 9.75. The van der Waals surface area contributed by atoms with Crippen LogP contribution in [0.25, 0.3) is 12.2 Å². The molecule has 3 aromatic rings. The number of aromatic nitrogens is 2. The minimum absolute atomic E-state index is 0.113. The van der Waals surface area contributed by atoms with Gasteiger partial charge in [0, 0.05) is 23.1 Å². The molecule has 0 bridgehead atoms. The van der Waals surface area contributed by atoms with Crippen molar-refractivity contribution in [1.29, 1.82) is 0 Å². The number of hydrogen-bond acceptors (Lipinski definition) is 4. The molecule has 36 heavy (non-hydrogen) atoms. The van der Waals surface area contributed by atoms with E-state index in [1.54, 1.807) is 27.7 Å². The highest BCUT2D eigenvalue weighted by atomic mass is 79.9. The van der Waals surface area contributed by atoms with Gasteiger partial charge in [-0.05, 0) is 63.8 Å². The third-order valence-electron chi connectivity index (χ3n) is 5.96. The van der Waals surface area contributed by atoms with E-state index in [0.29, 0.717) is 42.3 Å². The first-order valence-electron chi connectivity index (χ1n) is 11.9. The summed E-state index contributed by atoms with van der Waals surface area (Å²) in [6.45, 7) is 9.16. The van der Waals surface area contributed by atoms with Crippen LogP contribution in [0.4, 0.5) is 0 Å². The number of nitrogens with zero attached hydrogens (tertiary/aromatic N) is 4. The minimum atomic E-state index is -0.458. The number of rotatable bonds is 10. The molecule has 0 fully saturated rings. The molecule has 0 aliphatic rings. The van der Waals surface area contributed by atoms with Crippen molar-refractivity contribution < 1.29 is 4.79 Å². The Morgan fingerprint density at radius 2 is 1.78 bits per heavy atom. The van der Waals surface area contributed by atoms with Crippen molar-refractivity contribution in [3.63, 3.8) is 0 Å². The van der Waals surface area contributed by atoms with Crippen LogP contribution < -0.4 is 5.56 Å². The summed E-state index contributed by atoms with van der Waals surface area (Å²) in [5.41, 5.74) is 2.37. The maximum atomic E-state index is 13.7. The standard InChI is InChI=1S/C29H33BrN4O2/c1-6-11-26-25(7-2)29(36)34(20-22-12-9-8-10-13-22)27(31-26)21(3)33(19-18-32(4)5)28(35)23-14-16-24(30)17-15-23/h6-17,21H,2,18-20H2,1,3-5H3/b11-6-. The summed E-state index contributed by atoms with van der Waals surface area (Å²) in [5, 5.41) is 0. The van der Waals surface area contributed by atoms with Crippen LogP contribution in [0.2, 0.25) is 0 Å². The normalized spacial score (nSPS) is 12.2. The first kappa shape index (κ1) is 27.3. The van der Waals surface area contributed by atoms with Gasteiger partial charge < -0.3 is 9.80 Å². The lowest BCUT2D eigenvalue weighted by atomic mass is 10.1. The Morgan fingerprint density at radius 3 is 2.36 bits per heavy atom. The van der Waals surface area contributed by atoms with Crippen molar-refractivity contribution in [3.8, 4) is 0 Å². The summed E-state index contributed by atoms with van der Waals surface area (Å²) in [6.07, 6.45) is 5.21. The molecule has 0 N–H and O–H groups in total. The molecule has 6 nitrogen and oxygen atoms in total. The van der Waals surface area contributed by atoms with Gasteiger partial charge in [0.05, 0.1) is 23.8 Å². The van der Waals surface area contributed by atoms with Gasteiger partial charge >= 0.3 is 0 Å². The molecular formula is C29H33BrN4O2. The molecule has 3 rings (SSSR count). The number of halogens is 1. The lowest BCUT2D eigenvalue weighted by Gasteiger charge is -2.32. The predicted octanol–water partition coefficient (Wildman–Crippen LogP) is 5.50. The molecule has 2 aromatic carbocycles. The average molecular weight is 550 g/mol.